The molecule has 1 amide bonds. The summed E-state index contributed by atoms with van der Waals surface area (Å²) in [5.41, 5.74) is 3.80. The minimum absolute atomic E-state index is 0.0444. The molecule has 192 valence electrons. The van der Waals surface area contributed by atoms with Gasteiger partial charge in [-0.1, -0.05) is 51.8 Å². The number of rotatable bonds is 14. The lowest BCUT2D eigenvalue weighted by Gasteiger charge is -2.19. The zero-order valence-electron chi connectivity index (χ0n) is 21.6. The van der Waals surface area contributed by atoms with Gasteiger partial charge in [0.1, 0.15) is 5.75 Å². The summed E-state index contributed by atoms with van der Waals surface area (Å²) in [5, 5.41) is 12.9. The first-order valence-corrected chi connectivity index (χ1v) is 13.0. The Morgan fingerprint density at radius 3 is 2.50 bits per heavy atom. The maximum Gasteiger partial charge on any atom is 0.303 e. The third-order valence-corrected chi connectivity index (χ3v) is 6.35. The van der Waals surface area contributed by atoms with Crippen LogP contribution in [0.25, 0.3) is 16.5 Å². The molecule has 6 nitrogen and oxygen atoms in total. The van der Waals surface area contributed by atoms with Crippen LogP contribution in [0.15, 0.2) is 60.8 Å². The highest BCUT2D eigenvalue weighted by molar-refractivity contribution is 6.05. The molecule has 1 heterocycles. The lowest BCUT2D eigenvalue weighted by molar-refractivity contribution is -0.137. The van der Waals surface area contributed by atoms with Crippen molar-refractivity contribution in [2.75, 3.05) is 11.9 Å². The van der Waals surface area contributed by atoms with Crippen molar-refractivity contribution in [3.05, 3.63) is 66.4 Å². The Hall–Kier alpha value is -3.54. The Bertz CT molecular complexity index is 1190. The van der Waals surface area contributed by atoms with Gasteiger partial charge in [0.2, 0.25) is 5.91 Å². The number of amides is 1. The molecule has 0 spiro atoms. The highest BCUT2D eigenvalue weighted by Gasteiger charge is 2.13. The van der Waals surface area contributed by atoms with Crippen LogP contribution in [0, 0.1) is 0 Å². The van der Waals surface area contributed by atoms with Crippen LogP contribution in [0.1, 0.15) is 77.3 Å². The van der Waals surface area contributed by atoms with Gasteiger partial charge in [-0.15, -0.1) is 0 Å². The number of allylic oxidation sites excluding steroid dienone is 1. The topological polar surface area (TPSA) is 80.6 Å². The summed E-state index contributed by atoms with van der Waals surface area (Å²) in [4.78, 5) is 23.6. The van der Waals surface area contributed by atoms with Crippen LogP contribution in [-0.4, -0.2) is 28.2 Å². The predicted molar refractivity (Wildman–Crippen MR) is 146 cm³/mol. The number of nitrogens with one attached hydrogen (secondary N) is 1. The zero-order chi connectivity index (χ0) is 25.9. The third kappa shape index (κ3) is 7.23. The number of carboxylic acids is 1. The quantitative estimate of drug-likeness (QED) is 0.182. The van der Waals surface area contributed by atoms with Gasteiger partial charge in [-0.3, -0.25) is 9.59 Å². The number of nitrogens with zero attached hydrogens (tertiary/aromatic N) is 1. The first kappa shape index (κ1) is 27.1. The van der Waals surface area contributed by atoms with Gasteiger partial charge in [-0.05, 0) is 67.2 Å². The van der Waals surface area contributed by atoms with Gasteiger partial charge in [0, 0.05) is 35.6 Å². The van der Waals surface area contributed by atoms with Crippen LogP contribution in [0.3, 0.4) is 0 Å². The van der Waals surface area contributed by atoms with Crippen molar-refractivity contribution in [1.29, 1.82) is 0 Å². The molecule has 1 aromatic heterocycles. The molecule has 2 N–H and O–H groups in total. The number of ether oxygens (including phenoxy) is 1. The summed E-state index contributed by atoms with van der Waals surface area (Å²) < 4.78 is 8.11. The van der Waals surface area contributed by atoms with Crippen LogP contribution in [0.2, 0.25) is 0 Å². The summed E-state index contributed by atoms with van der Waals surface area (Å²) in [7, 11) is 0. The van der Waals surface area contributed by atoms with E-state index in [0.29, 0.717) is 23.9 Å². The van der Waals surface area contributed by atoms with Crippen LogP contribution in [0.5, 0.6) is 5.75 Å². The second kappa shape index (κ2) is 13.5. The largest absolute Gasteiger partial charge is 0.491 e. The average Bonchev–Trinajstić information content (AvgIpc) is 3.29. The Kier molecular flexibility index (Phi) is 10.2. The van der Waals surface area contributed by atoms with Crippen molar-refractivity contribution < 1.29 is 19.4 Å². The third-order valence-electron chi connectivity index (χ3n) is 6.35. The molecule has 0 saturated carbocycles. The molecule has 0 radical (unpaired) electrons. The monoisotopic (exact) mass is 490 g/mol. The van der Waals surface area contributed by atoms with Crippen molar-refractivity contribution in [3.8, 4) is 5.75 Å². The van der Waals surface area contributed by atoms with Gasteiger partial charge in [-0.25, -0.2) is 0 Å². The van der Waals surface area contributed by atoms with Crippen molar-refractivity contribution in [2.24, 2.45) is 0 Å². The van der Waals surface area contributed by atoms with E-state index < -0.39 is 5.97 Å². The summed E-state index contributed by atoms with van der Waals surface area (Å²) in [6, 6.07) is 16.3. The molecule has 0 atom stereocenters. The molecule has 0 unspecified atom stereocenters. The van der Waals surface area contributed by atoms with Gasteiger partial charge in [0.25, 0.3) is 0 Å². The van der Waals surface area contributed by atoms with E-state index in [9.17, 15) is 9.59 Å². The van der Waals surface area contributed by atoms with Gasteiger partial charge >= 0.3 is 5.97 Å². The first-order valence-electron chi connectivity index (χ1n) is 13.0. The average molecular weight is 491 g/mol. The predicted octanol–water partition coefficient (Wildman–Crippen LogP) is 7.46. The lowest BCUT2D eigenvalue weighted by atomic mass is 10.0. The molecule has 6 heteroatoms. The fourth-order valence-electron chi connectivity index (χ4n) is 4.59. The summed E-state index contributed by atoms with van der Waals surface area (Å²) in [6.45, 7) is 6.79. The number of aromatic nitrogens is 1. The van der Waals surface area contributed by atoms with E-state index in [-0.39, 0.29) is 18.9 Å². The summed E-state index contributed by atoms with van der Waals surface area (Å²) in [6.07, 6.45) is 9.68. The van der Waals surface area contributed by atoms with Crippen molar-refractivity contribution in [1.82, 2.24) is 4.57 Å². The standard InChI is InChI=1S/C30H38N2O4/c1-4-10-25(11-5-2)32-18-17-24-20-23(15-16-27(24)32)22(6-3)21-29(33)31-26-12-7-8-13-28(26)36-19-9-14-30(34)35/h7-8,12-13,15-18,20-21,25H,4-6,9-11,14,19H2,1-3H3,(H,31,33)(H,34,35)/b22-21-. The molecular weight excluding hydrogens is 452 g/mol. The molecular formula is C30H38N2O4. The fraction of sp³-hybridized carbons (Fsp3) is 0.400. The molecule has 0 bridgehead atoms. The van der Waals surface area contributed by atoms with E-state index in [1.54, 1.807) is 18.2 Å². The fourth-order valence-corrected chi connectivity index (χ4v) is 4.59. The molecule has 0 aliphatic rings. The van der Waals surface area contributed by atoms with E-state index in [0.717, 1.165) is 30.4 Å². The number of hydrogen-bond donors (Lipinski definition) is 2. The minimum Gasteiger partial charge on any atom is -0.491 e. The number of para-hydroxylation sites is 2. The Morgan fingerprint density at radius 1 is 1.06 bits per heavy atom. The number of carbonyl (C=O) groups is 2. The minimum atomic E-state index is -0.853. The molecule has 0 fully saturated rings. The second-order valence-electron chi connectivity index (χ2n) is 9.08. The molecule has 36 heavy (non-hydrogen) atoms. The lowest BCUT2D eigenvalue weighted by Crippen LogP contribution is -2.11. The zero-order valence-corrected chi connectivity index (χ0v) is 21.6. The maximum absolute atomic E-state index is 12.9. The number of carbonyl (C=O) groups excluding carboxylic acids is 1. The molecule has 2 aromatic carbocycles. The number of hydrogen-bond acceptors (Lipinski definition) is 3. The number of fused-ring (bicyclic) bond motifs is 1. The molecule has 3 rings (SSSR count). The summed E-state index contributed by atoms with van der Waals surface area (Å²) in [5.74, 6) is -0.551. The van der Waals surface area contributed by atoms with Crippen molar-refractivity contribution in [2.45, 2.75) is 71.8 Å². The van der Waals surface area contributed by atoms with Gasteiger partial charge in [-0.2, -0.15) is 0 Å². The Balaban J connectivity index is 1.76. The normalized spacial score (nSPS) is 11.7. The van der Waals surface area contributed by atoms with Gasteiger partial charge in [0.05, 0.1) is 12.3 Å². The van der Waals surface area contributed by atoms with Crippen LogP contribution >= 0.6 is 0 Å². The summed E-state index contributed by atoms with van der Waals surface area (Å²) >= 11 is 0. The maximum atomic E-state index is 12.9. The van der Waals surface area contributed by atoms with Crippen molar-refractivity contribution in [3.63, 3.8) is 0 Å². The number of aliphatic carboxylic acids is 1. The Morgan fingerprint density at radius 2 is 1.81 bits per heavy atom. The smallest absolute Gasteiger partial charge is 0.303 e. The first-order chi connectivity index (χ1) is 17.5. The van der Waals surface area contributed by atoms with Gasteiger partial charge < -0.3 is 19.7 Å². The van der Waals surface area contributed by atoms with E-state index in [4.69, 9.17) is 9.84 Å². The molecule has 0 aliphatic carbocycles. The SMILES string of the molecule is CCCC(CCC)n1ccc2cc(/C(=C\C(=O)Nc3ccccc3OCCCC(=O)O)CC)ccc21. The number of benzene rings is 2. The van der Waals surface area contributed by atoms with Crippen molar-refractivity contribution >= 4 is 34.0 Å². The molecule has 0 saturated heterocycles. The highest BCUT2D eigenvalue weighted by atomic mass is 16.5. The molecule has 3 aromatic rings. The Labute approximate surface area is 214 Å². The van der Waals surface area contributed by atoms with Crippen LogP contribution in [0.4, 0.5) is 5.69 Å². The highest BCUT2D eigenvalue weighted by Crippen LogP contribution is 2.30. The van der Waals surface area contributed by atoms with Crippen LogP contribution < -0.4 is 10.1 Å². The molecule has 0 aliphatic heterocycles. The van der Waals surface area contributed by atoms with E-state index in [2.05, 4.69) is 54.2 Å². The van der Waals surface area contributed by atoms with E-state index in [1.807, 2.05) is 19.1 Å². The second-order valence-corrected chi connectivity index (χ2v) is 9.08. The van der Waals surface area contributed by atoms with Gasteiger partial charge in [0.15, 0.2) is 0 Å². The van der Waals surface area contributed by atoms with Crippen LogP contribution in [-0.2, 0) is 9.59 Å². The number of carboxylic acid groups (broad SMARTS) is 1. The van der Waals surface area contributed by atoms with E-state index in [1.165, 1.54) is 23.7 Å². The van der Waals surface area contributed by atoms with E-state index >= 15 is 0 Å². The number of anilines is 1.